The Bertz CT molecular complexity index is 566. The molecule has 0 radical (unpaired) electrons. The molecule has 2 atom stereocenters. The molecule has 5 nitrogen and oxygen atoms in total. The van der Waals surface area contributed by atoms with Gasteiger partial charge in [-0.15, -0.1) is 0 Å². The molecule has 0 spiro atoms. The molecule has 1 fully saturated rings. The lowest BCUT2D eigenvalue weighted by Crippen LogP contribution is -2.44. The Kier molecular flexibility index (Phi) is 9.06. The average molecular weight is 381 g/mol. The van der Waals surface area contributed by atoms with Gasteiger partial charge in [0.1, 0.15) is 11.9 Å². The number of benzene rings is 1. The molecule has 0 amide bonds. The second-order valence-corrected chi connectivity index (χ2v) is 7.36. The Morgan fingerprint density at radius 3 is 2.85 bits per heavy atom. The first-order chi connectivity index (χ1) is 12.6. The Balaban J connectivity index is 1.88. The smallest absolute Gasteiger partial charge is 0.191 e. The summed E-state index contributed by atoms with van der Waals surface area (Å²) in [5.41, 5.74) is 0. The second kappa shape index (κ2) is 11.3. The van der Waals surface area contributed by atoms with Crippen LogP contribution in [0.5, 0.6) is 5.75 Å². The predicted octanol–water partition coefficient (Wildman–Crippen LogP) is 3.39. The van der Waals surface area contributed by atoms with Gasteiger partial charge in [0, 0.05) is 19.6 Å². The van der Waals surface area contributed by atoms with E-state index in [1.807, 2.05) is 24.3 Å². The third-order valence-corrected chi connectivity index (χ3v) is 4.98. The van der Waals surface area contributed by atoms with E-state index in [0.717, 1.165) is 37.8 Å². The van der Waals surface area contributed by atoms with E-state index in [1.54, 1.807) is 0 Å². The Hall–Kier alpha value is -1.46. The molecule has 1 heterocycles. The average Bonchev–Trinajstić information content (AvgIpc) is 2.64. The van der Waals surface area contributed by atoms with Crippen LogP contribution < -0.4 is 15.4 Å². The van der Waals surface area contributed by atoms with Crippen molar-refractivity contribution in [3.8, 4) is 5.75 Å². The fourth-order valence-electron chi connectivity index (χ4n) is 3.19. The molecule has 1 saturated heterocycles. The van der Waals surface area contributed by atoms with E-state index < -0.39 is 0 Å². The summed E-state index contributed by atoms with van der Waals surface area (Å²) in [6.45, 7) is 8.96. The van der Waals surface area contributed by atoms with Crippen molar-refractivity contribution in [3.63, 3.8) is 0 Å². The topological polar surface area (TPSA) is 48.9 Å². The number of nitrogens with zero attached hydrogens (tertiary/aromatic N) is 2. The minimum atomic E-state index is 0.00571. The van der Waals surface area contributed by atoms with Gasteiger partial charge in [-0.1, -0.05) is 30.7 Å². The van der Waals surface area contributed by atoms with Crippen LogP contribution in [0.1, 0.15) is 33.1 Å². The van der Waals surface area contributed by atoms with E-state index in [2.05, 4.69) is 36.4 Å². The minimum absolute atomic E-state index is 0.00571. The number of halogens is 1. The van der Waals surface area contributed by atoms with E-state index in [-0.39, 0.29) is 6.10 Å². The number of hydrogen-bond donors (Lipinski definition) is 2. The molecule has 2 unspecified atom stereocenters. The first-order valence-corrected chi connectivity index (χ1v) is 10.1. The highest BCUT2D eigenvalue weighted by Crippen LogP contribution is 2.24. The first kappa shape index (κ1) is 20.8. The third-order valence-electron chi connectivity index (χ3n) is 4.66. The Morgan fingerprint density at radius 1 is 1.35 bits per heavy atom. The van der Waals surface area contributed by atoms with Crippen molar-refractivity contribution < 1.29 is 4.74 Å². The van der Waals surface area contributed by atoms with Crippen LogP contribution in [0, 0.1) is 5.92 Å². The predicted molar refractivity (Wildman–Crippen MR) is 110 cm³/mol. The van der Waals surface area contributed by atoms with Crippen LogP contribution in [-0.4, -0.2) is 56.7 Å². The molecule has 1 aliphatic rings. The number of para-hydroxylation sites is 1. The lowest BCUT2D eigenvalue weighted by molar-refractivity contribution is 0.205. The lowest BCUT2D eigenvalue weighted by atomic mass is 9.99. The number of rotatable bonds is 8. The van der Waals surface area contributed by atoms with Crippen molar-refractivity contribution in [2.75, 3.05) is 39.8 Å². The molecule has 0 bridgehead atoms. The highest BCUT2D eigenvalue weighted by atomic mass is 35.5. The summed E-state index contributed by atoms with van der Waals surface area (Å²) in [5.74, 6) is 2.26. The van der Waals surface area contributed by atoms with E-state index >= 15 is 0 Å². The second-order valence-electron chi connectivity index (χ2n) is 6.95. The van der Waals surface area contributed by atoms with Gasteiger partial charge in [-0.25, -0.2) is 4.99 Å². The van der Waals surface area contributed by atoms with Gasteiger partial charge in [0.2, 0.25) is 0 Å². The zero-order chi connectivity index (χ0) is 18.8. The van der Waals surface area contributed by atoms with Crippen LogP contribution in [0.3, 0.4) is 0 Å². The zero-order valence-corrected chi connectivity index (χ0v) is 17.1. The van der Waals surface area contributed by atoms with Crippen molar-refractivity contribution in [1.82, 2.24) is 15.5 Å². The Morgan fingerprint density at radius 2 is 2.15 bits per heavy atom. The van der Waals surface area contributed by atoms with Gasteiger partial charge in [0.05, 0.1) is 11.6 Å². The molecule has 0 aliphatic carbocycles. The van der Waals surface area contributed by atoms with Crippen LogP contribution in [0.2, 0.25) is 5.02 Å². The van der Waals surface area contributed by atoms with Crippen molar-refractivity contribution >= 4 is 17.6 Å². The van der Waals surface area contributed by atoms with Gasteiger partial charge < -0.3 is 20.3 Å². The van der Waals surface area contributed by atoms with Gasteiger partial charge in [-0.2, -0.15) is 0 Å². The maximum absolute atomic E-state index is 6.20. The SMILES string of the molecule is CCNC(=NCC(CC)Oc1ccccc1Cl)NCC1CCCN(C)C1. The molecule has 2 N–H and O–H groups in total. The molecule has 146 valence electrons. The fourth-order valence-corrected chi connectivity index (χ4v) is 3.37. The molecule has 26 heavy (non-hydrogen) atoms. The summed E-state index contributed by atoms with van der Waals surface area (Å²) in [4.78, 5) is 7.13. The van der Waals surface area contributed by atoms with Gasteiger partial charge >= 0.3 is 0 Å². The summed E-state index contributed by atoms with van der Waals surface area (Å²) in [7, 11) is 2.20. The van der Waals surface area contributed by atoms with Gasteiger partial charge in [0.25, 0.3) is 0 Å². The van der Waals surface area contributed by atoms with Crippen molar-refractivity contribution in [3.05, 3.63) is 29.3 Å². The van der Waals surface area contributed by atoms with Crippen molar-refractivity contribution in [1.29, 1.82) is 0 Å². The summed E-state index contributed by atoms with van der Waals surface area (Å²) < 4.78 is 6.03. The number of ether oxygens (including phenoxy) is 1. The monoisotopic (exact) mass is 380 g/mol. The minimum Gasteiger partial charge on any atom is -0.487 e. The van der Waals surface area contributed by atoms with Crippen molar-refractivity contribution in [2.24, 2.45) is 10.9 Å². The molecule has 1 aliphatic heterocycles. The first-order valence-electron chi connectivity index (χ1n) is 9.74. The molecule has 2 rings (SSSR count). The standard InChI is InChI=1S/C20H33ClN4O/c1-4-17(26-19-11-7-6-10-18(19)21)14-24-20(22-5-2)23-13-16-9-8-12-25(3)15-16/h6-7,10-11,16-17H,4-5,8-9,12-15H2,1-3H3,(H2,22,23,24). The number of likely N-dealkylation sites (tertiary alicyclic amines) is 1. The summed E-state index contributed by atoms with van der Waals surface area (Å²) in [6.07, 6.45) is 3.44. The van der Waals surface area contributed by atoms with Crippen LogP contribution >= 0.6 is 11.6 Å². The van der Waals surface area contributed by atoms with Crippen LogP contribution in [0.4, 0.5) is 0 Å². The van der Waals surface area contributed by atoms with Gasteiger partial charge in [0.15, 0.2) is 5.96 Å². The number of aliphatic imine (C=N–C) groups is 1. The van der Waals surface area contributed by atoms with Gasteiger partial charge in [-0.3, -0.25) is 0 Å². The summed E-state index contributed by atoms with van der Waals surface area (Å²) in [5, 5.41) is 7.47. The summed E-state index contributed by atoms with van der Waals surface area (Å²) in [6, 6.07) is 7.59. The molecule has 0 saturated carbocycles. The number of piperidine rings is 1. The zero-order valence-electron chi connectivity index (χ0n) is 16.3. The Labute approximate surface area is 163 Å². The molecule has 0 aromatic heterocycles. The number of guanidine groups is 1. The van der Waals surface area contributed by atoms with Crippen molar-refractivity contribution in [2.45, 2.75) is 39.2 Å². The lowest BCUT2D eigenvalue weighted by Gasteiger charge is -2.30. The maximum atomic E-state index is 6.20. The quantitative estimate of drug-likeness (QED) is 0.536. The van der Waals surface area contributed by atoms with E-state index in [0.29, 0.717) is 17.5 Å². The van der Waals surface area contributed by atoms with Gasteiger partial charge in [-0.05, 0) is 57.8 Å². The number of hydrogen-bond acceptors (Lipinski definition) is 3. The molecule has 6 heteroatoms. The maximum Gasteiger partial charge on any atom is 0.191 e. The molecular weight excluding hydrogens is 348 g/mol. The molecule has 1 aromatic carbocycles. The van der Waals surface area contributed by atoms with Crippen LogP contribution in [0.25, 0.3) is 0 Å². The highest BCUT2D eigenvalue weighted by Gasteiger charge is 2.17. The van der Waals surface area contributed by atoms with Crippen LogP contribution in [0.15, 0.2) is 29.3 Å². The number of nitrogens with one attached hydrogen (secondary N) is 2. The van der Waals surface area contributed by atoms with Crippen LogP contribution in [-0.2, 0) is 0 Å². The molecule has 1 aromatic rings. The highest BCUT2D eigenvalue weighted by molar-refractivity contribution is 6.32. The fraction of sp³-hybridized carbons (Fsp3) is 0.650. The largest absolute Gasteiger partial charge is 0.487 e. The third kappa shape index (κ3) is 7.04. The molecular formula is C20H33ClN4O. The normalized spacial score (nSPS) is 19.8. The van der Waals surface area contributed by atoms with E-state index in [4.69, 9.17) is 21.3 Å². The summed E-state index contributed by atoms with van der Waals surface area (Å²) >= 11 is 6.20. The van der Waals surface area contributed by atoms with E-state index in [9.17, 15) is 0 Å². The van der Waals surface area contributed by atoms with E-state index in [1.165, 1.54) is 19.4 Å².